The van der Waals surface area contributed by atoms with Gasteiger partial charge in [0.2, 0.25) is 0 Å². The standard InChI is InChI=1S/C19H21FN2O3/c1-25-19(23)14-7-8-17(20)15(9-14)16-11-22(12-18(16)21-24)10-13-5-3-2-4-6-13/h2-9,16,18,21,24H,10-12H2,1H3. The molecule has 1 heterocycles. The molecule has 0 aromatic heterocycles. The van der Waals surface area contributed by atoms with Crippen LogP contribution in [0.3, 0.4) is 0 Å². The number of hydrogen-bond acceptors (Lipinski definition) is 5. The molecule has 2 aromatic carbocycles. The molecule has 0 saturated carbocycles. The molecule has 1 aliphatic heterocycles. The zero-order chi connectivity index (χ0) is 17.8. The van der Waals surface area contributed by atoms with E-state index < -0.39 is 5.97 Å². The molecule has 2 atom stereocenters. The van der Waals surface area contributed by atoms with Gasteiger partial charge in [-0.3, -0.25) is 4.90 Å². The highest BCUT2D eigenvalue weighted by Gasteiger charge is 2.35. The number of ether oxygens (including phenoxy) is 1. The summed E-state index contributed by atoms with van der Waals surface area (Å²) in [6.07, 6.45) is 0. The molecule has 0 radical (unpaired) electrons. The van der Waals surface area contributed by atoms with Crippen LogP contribution in [-0.2, 0) is 11.3 Å². The first-order valence-corrected chi connectivity index (χ1v) is 8.16. The maximum absolute atomic E-state index is 14.4. The van der Waals surface area contributed by atoms with E-state index >= 15 is 0 Å². The van der Waals surface area contributed by atoms with Crippen LogP contribution in [-0.4, -0.2) is 42.3 Å². The molecule has 3 rings (SSSR count). The lowest BCUT2D eigenvalue weighted by Crippen LogP contribution is -2.33. The van der Waals surface area contributed by atoms with E-state index in [0.29, 0.717) is 30.8 Å². The highest BCUT2D eigenvalue weighted by molar-refractivity contribution is 5.89. The number of hydroxylamine groups is 1. The van der Waals surface area contributed by atoms with Crippen LogP contribution in [0.15, 0.2) is 48.5 Å². The first kappa shape index (κ1) is 17.5. The summed E-state index contributed by atoms with van der Waals surface area (Å²) in [6, 6.07) is 13.9. The Balaban J connectivity index is 1.82. The Bertz CT molecular complexity index is 739. The smallest absolute Gasteiger partial charge is 0.337 e. The highest BCUT2D eigenvalue weighted by atomic mass is 19.1. The van der Waals surface area contributed by atoms with Gasteiger partial charge >= 0.3 is 5.97 Å². The minimum atomic E-state index is -0.506. The van der Waals surface area contributed by atoms with E-state index in [4.69, 9.17) is 4.74 Å². The number of methoxy groups -OCH3 is 1. The summed E-state index contributed by atoms with van der Waals surface area (Å²) < 4.78 is 19.1. The molecule has 0 spiro atoms. The van der Waals surface area contributed by atoms with Gasteiger partial charge in [-0.05, 0) is 29.3 Å². The lowest BCUT2D eigenvalue weighted by atomic mass is 9.93. The van der Waals surface area contributed by atoms with Crippen LogP contribution >= 0.6 is 0 Å². The normalized spacial score (nSPS) is 20.6. The van der Waals surface area contributed by atoms with E-state index in [1.807, 2.05) is 30.3 Å². The predicted molar refractivity (Wildman–Crippen MR) is 90.9 cm³/mol. The van der Waals surface area contributed by atoms with Gasteiger partial charge in [-0.2, -0.15) is 0 Å². The fraction of sp³-hybridized carbons (Fsp3) is 0.316. The molecule has 0 bridgehead atoms. The molecule has 5 nitrogen and oxygen atoms in total. The van der Waals surface area contributed by atoms with Gasteiger partial charge in [0.1, 0.15) is 5.82 Å². The maximum atomic E-state index is 14.4. The van der Waals surface area contributed by atoms with Crippen molar-refractivity contribution in [3.05, 3.63) is 71.0 Å². The number of halogens is 1. The number of nitrogens with zero attached hydrogens (tertiary/aromatic N) is 1. The summed E-state index contributed by atoms with van der Waals surface area (Å²) in [5, 5.41) is 9.51. The number of benzene rings is 2. The molecule has 2 unspecified atom stereocenters. The predicted octanol–water partition coefficient (Wildman–Crippen LogP) is 2.56. The number of carbonyl (C=O) groups excluding carboxylic acids is 1. The van der Waals surface area contributed by atoms with E-state index in [2.05, 4.69) is 10.4 Å². The van der Waals surface area contributed by atoms with Crippen molar-refractivity contribution in [1.29, 1.82) is 0 Å². The number of rotatable bonds is 5. The Kier molecular flexibility index (Phi) is 5.43. The Morgan fingerprint density at radius 1 is 1.28 bits per heavy atom. The van der Waals surface area contributed by atoms with Crippen molar-refractivity contribution >= 4 is 5.97 Å². The first-order chi connectivity index (χ1) is 12.1. The van der Waals surface area contributed by atoms with Gasteiger partial charge in [-0.25, -0.2) is 14.7 Å². The Morgan fingerprint density at radius 3 is 2.72 bits per heavy atom. The van der Waals surface area contributed by atoms with E-state index in [-0.39, 0.29) is 17.8 Å². The van der Waals surface area contributed by atoms with Crippen molar-refractivity contribution < 1.29 is 19.1 Å². The second kappa shape index (κ2) is 7.74. The zero-order valence-electron chi connectivity index (χ0n) is 14.0. The molecule has 1 aliphatic rings. The van der Waals surface area contributed by atoms with E-state index in [1.54, 1.807) is 0 Å². The average Bonchev–Trinajstić information content (AvgIpc) is 3.05. The van der Waals surface area contributed by atoms with E-state index in [0.717, 1.165) is 5.56 Å². The summed E-state index contributed by atoms with van der Waals surface area (Å²) in [5.74, 6) is -1.16. The molecule has 1 saturated heterocycles. The Labute approximate surface area is 146 Å². The van der Waals surface area contributed by atoms with Crippen LogP contribution in [0.1, 0.15) is 27.4 Å². The van der Waals surface area contributed by atoms with Crippen LogP contribution in [0.5, 0.6) is 0 Å². The van der Waals surface area contributed by atoms with Crippen molar-refractivity contribution in [3.8, 4) is 0 Å². The molecular weight excluding hydrogens is 323 g/mol. The third-order valence-electron chi connectivity index (χ3n) is 4.63. The van der Waals surface area contributed by atoms with Crippen LogP contribution < -0.4 is 5.48 Å². The summed E-state index contributed by atoms with van der Waals surface area (Å²) in [7, 11) is 1.29. The maximum Gasteiger partial charge on any atom is 0.337 e. The molecule has 0 aliphatic carbocycles. The van der Waals surface area contributed by atoms with Gasteiger partial charge in [0.05, 0.1) is 18.7 Å². The molecule has 6 heteroatoms. The number of esters is 1. The third-order valence-corrected chi connectivity index (χ3v) is 4.63. The topological polar surface area (TPSA) is 61.8 Å². The molecule has 2 aromatic rings. The number of likely N-dealkylation sites (tertiary alicyclic amines) is 1. The van der Waals surface area contributed by atoms with Crippen LogP contribution in [0.25, 0.3) is 0 Å². The van der Waals surface area contributed by atoms with Crippen molar-refractivity contribution in [1.82, 2.24) is 10.4 Å². The number of hydrogen-bond donors (Lipinski definition) is 2. The minimum absolute atomic E-state index is 0.265. The van der Waals surface area contributed by atoms with Crippen LogP contribution in [0, 0.1) is 5.82 Å². The van der Waals surface area contributed by atoms with E-state index in [1.165, 1.54) is 25.3 Å². The van der Waals surface area contributed by atoms with Crippen molar-refractivity contribution in [3.63, 3.8) is 0 Å². The third kappa shape index (κ3) is 3.87. The number of nitrogens with one attached hydrogen (secondary N) is 1. The van der Waals surface area contributed by atoms with Gasteiger partial charge < -0.3 is 9.94 Å². The second-order valence-corrected chi connectivity index (χ2v) is 6.25. The fourth-order valence-electron chi connectivity index (χ4n) is 3.37. The quantitative estimate of drug-likeness (QED) is 0.645. The molecule has 0 amide bonds. The number of carbonyl (C=O) groups is 1. The molecule has 25 heavy (non-hydrogen) atoms. The van der Waals surface area contributed by atoms with E-state index in [9.17, 15) is 14.4 Å². The monoisotopic (exact) mass is 344 g/mol. The Hall–Kier alpha value is -2.28. The van der Waals surface area contributed by atoms with Crippen molar-refractivity contribution in [2.75, 3.05) is 20.2 Å². The van der Waals surface area contributed by atoms with Gasteiger partial charge in [-0.15, -0.1) is 0 Å². The SMILES string of the molecule is COC(=O)c1ccc(F)c(C2CN(Cc3ccccc3)CC2NO)c1. The molecule has 2 N–H and O–H groups in total. The van der Waals surface area contributed by atoms with Crippen LogP contribution in [0.2, 0.25) is 0 Å². The molecule has 1 fully saturated rings. The largest absolute Gasteiger partial charge is 0.465 e. The minimum Gasteiger partial charge on any atom is -0.465 e. The van der Waals surface area contributed by atoms with Crippen molar-refractivity contribution in [2.24, 2.45) is 0 Å². The fourth-order valence-corrected chi connectivity index (χ4v) is 3.37. The van der Waals surface area contributed by atoms with Gasteiger partial charge in [-0.1, -0.05) is 30.3 Å². The summed E-state index contributed by atoms with van der Waals surface area (Å²) in [5.41, 5.74) is 4.16. The van der Waals surface area contributed by atoms with Gasteiger partial charge in [0.15, 0.2) is 0 Å². The molecular formula is C19H21FN2O3. The summed E-state index contributed by atoms with van der Waals surface area (Å²) >= 11 is 0. The van der Waals surface area contributed by atoms with Crippen molar-refractivity contribution in [2.45, 2.75) is 18.5 Å². The van der Waals surface area contributed by atoms with Gasteiger partial charge in [0, 0.05) is 25.6 Å². The zero-order valence-corrected chi connectivity index (χ0v) is 14.0. The average molecular weight is 344 g/mol. The molecule has 132 valence electrons. The highest BCUT2D eigenvalue weighted by Crippen LogP contribution is 2.31. The lowest BCUT2D eigenvalue weighted by molar-refractivity contribution is 0.0600. The lowest BCUT2D eigenvalue weighted by Gasteiger charge is -2.18. The van der Waals surface area contributed by atoms with Crippen LogP contribution in [0.4, 0.5) is 4.39 Å². The summed E-state index contributed by atoms with van der Waals surface area (Å²) in [6.45, 7) is 1.88. The first-order valence-electron chi connectivity index (χ1n) is 8.16. The Morgan fingerprint density at radius 2 is 2.04 bits per heavy atom. The van der Waals surface area contributed by atoms with Gasteiger partial charge in [0.25, 0.3) is 0 Å². The summed E-state index contributed by atoms with van der Waals surface area (Å²) in [4.78, 5) is 13.9. The second-order valence-electron chi connectivity index (χ2n) is 6.25.